The summed E-state index contributed by atoms with van der Waals surface area (Å²) in [6.07, 6.45) is -1.91. The number of carbonyl (C=O) groups excluding carboxylic acids is 2. The summed E-state index contributed by atoms with van der Waals surface area (Å²) in [5.41, 5.74) is 8.14. The number of hydrogen-bond acceptors (Lipinski definition) is 6. The summed E-state index contributed by atoms with van der Waals surface area (Å²) in [4.78, 5) is 32.2. The van der Waals surface area contributed by atoms with E-state index in [1.54, 1.807) is 24.3 Å². The SMILES string of the molecule is CCOc1ccc2cc1CN1C(=O)CC(CC/C=C\c3ccc4c(c3)C(CC(C(F)(F)F)O4)NC2=O)N=C1N. The van der Waals surface area contributed by atoms with Gasteiger partial charge in [-0.3, -0.25) is 14.5 Å². The van der Waals surface area contributed by atoms with E-state index >= 15 is 0 Å². The number of fused-ring (bicyclic) bond motifs is 4. The lowest BCUT2D eigenvalue weighted by molar-refractivity contribution is -0.201. The van der Waals surface area contributed by atoms with Crippen molar-refractivity contribution < 1.29 is 32.2 Å². The first-order chi connectivity index (χ1) is 18.6. The predicted octanol–water partition coefficient (Wildman–Crippen LogP) is 4.49. The number of alkyl halides is 3. The maximum atomic E-state index is 13.7. The molecule has 8 nitrogen and oxygen atoms in total. The molecule has 11 heteroatoms. The highest BCUT2D eigenvalue weighted by Crippen LogP contribution is 2.41. The molecule has 0 fully saturated rings. The van der Waals surface area contributed by atoms with Crippen LogP contribution in [0.5, 0.6) is 11.5 Å². The molecule has 4 aliphatic heterocycles. The Bertz CT molecular complexity index is 1340. The average molecular weight is 543 g/mol. The predicted molar refractivity (Wildman–Crippen MR) is 138 cm³/mol. The second kappa shape index (κ2) is 10.6. The van der Waals surface area contributed by atoms with Gasteiger partial charge in [0.05, 0.1) is 25.2 Å². The molecule has 3 N–H and O–H groups in total. The maximum Gasteiger partial charge on any atom is 0.425 e. The lowest BCUT2D eigenvalue weighted by Gasteiger charge is -2.34. The van der Waals surface area contributed by atoms with Crippen LogP contribution < -0.4 is 20.5 Å². The van der Waals surface area contributed by atoms with Crippen LogP contribution in [0.4, 0.5) is 13.2 Å². The van der Waals surface area contributed by atoms with Crippen molar-refractivity contribution in [3.63, 3.8) is 0 Å². The fourth-order valence-electron chi connectivity index (χ4n) is 5.07. The molecule has 0 aliphatic carbocycles. The zero-order chi connectivity index (χ0) is 27.7. The topological polar surface area (TPSA) is 106 Å². The minimum atomic E-state index is -4.60. The van der Waals surface area contributed by atoms with E-state index in [9.17, 15) is 22.8 Å². The van der Waals surface area contributed by atoms with Crippen molar-refractivity contribution >= 4 is 23.8 Å². The quantitative estimate of drug-likeness (QED) is 0.582. The van der Waals surface area contributed by atoms with Crippen molar-refractivity contribution in [3.05, 3.63) is 64.7 Å². The minimum absolute atomic E-state index is 0.0385. The fourth-order valence-corrected chi connectivity index (χ4v) is 5.07. The van der Waals surface area contributed by atoms with Crippen LogP contribution in [0.2, 0.25) is 0 Å². The third-order valence-electron chi connectivity index (χ3n) is 7.03. The van der Waals surface area contributed by atoms with Gasteiger partial charge in [-0.05, 0) is 55.7 Å². The minimum Gasteiger partial charge on any atom is -0.494 e. The molecule has 4 heterocycles. The number of carbonyl (C=O) groups is 2. The molecular formula is C28H29F3N4O4. The molecule has 6 bridgehead atoms. The van der Waals surface area contributed by atoms with Crippen molar-refractivity contribution in [3.8, 4) is 11.5 Å². The van der Waals surface area contributed by atoms with Crippen LogP contribution in [-0.2, 0) is 11.3 Å². The number of hydrogen-bond donors (Lipinski definition) is 2. The number of aliphatic imine (C=N–C) groups is 1. The Kier molecular flexibility index (Phi) is 7.24. The summed E-state index contributed by atoms with van der Waals surface area (Å²) in [5.74, 6) is -0.0997. The summed E-state index contributed by atoms with van der Waals surface area (Å²) in [6.45, 7) is 2.20. The molecule has 206 valence electrons. The maximum absolute atomic E-state index is 13.7. The second-order valence-electron chi connectivity index (χ2n) is 9.77. The number of amides is 2. The summed E-state index contributed by atoms with van der Waals surface area (Å²) < 4.78 is 52.0. The summed E-state index contributed by atoms with van der Waals surface area (Å²) in [7, 11) is 0. The number of nitrogens with zero attached hydrogens (tertiary/aromatic N) is 2. The molecule has 0 radical (unpaired) electrons. The van der Waals surface area contributed by atoms with E-state index in [4.69, 9.17) is 15.2 Å². The Morgan fingerprint density at radius 1 is 1.21 bits per heavy atom. The molecule has 0 spiro atoms. The summed E-state index contributed by atoms with van der Waals surface area (Å²) in [5, 5.41) is 2.77. The highest BCUT2D eigenvalue weighted by atomic mass is 19.4. The molecule has 39 heavy (non-hydrogen) atoms. The van der Waals surface area contributed by atoms with Crippen LogP contribution in [0.25, 0.3) is 6.08 Å². The molecule has 0 aromatic heterocycles. The van der Waals surface area contributed by atoms with Gasteiger partial charge in [-0.1, -0.05) is 18.2 Å². The van der Waals surface area contributed by atoms with Crippen LogP contribution >= 0.6 is 0 Å². The van der Waals surface area contributed by atoms with Crippen molar-refractivity contribution in [1.29, 1.82) is 0 Å². The zero-order valence-corrected chi connectivity index (χ0v) is 21.3. The van der Waals surface area contributed by atoms with Gasteiger partial charge in [-0.25, -0.2) is 4.99 Å². The fraction of sp³-hybridized carbons (Fsp3) is 0.393. The molecule has 0 saturated carbocycles. The molecule has 3 unspecified atom stereocenters. The number of benzene rings is 2. The lowest BCUT2D eigenvalue weighted by Crippen LogP contribution is -2.46. The third-order valence-corrected chi connectivity index (χ3v) is 7.03. The number of nitrogens with one attached hydrogen (secondary N) is 1. The molecule has 2 aromatic rings. The van der Waals surface area contributed by atoms with Gasteiger partial charge in [0.25, 0.3) is 5.91 Å². The van der Waals surface area contributed by atoms with Gasteiger partial charge in [-0.15, -0.1) is 0 Å². The lowest BCUT2D eigenvalue weighted by atomic mass is 9.93. The number of nitrogens with two attached hydrogens (primary N) is 1. The molecule has 3 atom stereocenters. The van der Waals surface area contributed by atoms with Crippen LogP contribution in [0, 0.1) is 0 Å². The molecule has 2 aromatic carbocycles. The van der Waals surface area contributed by atoms with E-state index < -0.39 is 30.7 Å². The smallest absolute Gasteiger partial charge is 0.425 e. The van der Waals surface area contributed by atoms with Gasteiger partial charge in [0.2, 0.25) is 5.91 Å². The number of allylic oxidation sites excluding steroid dienone is 1. The Morgan fingerprint density at radius 3 is 2.77 bits per heavy atom. The summed E-state index contributed by atoms with van der Waals surface area (Å²) >= 11 is 0. The molecule has 0 saturated heterocycles. The second-order valence-corrected chi connectivity index (χ2v) is 9.77. The van der Waals surface area contributed by atoms with Crippen LogP contribution in [0.15, 0.2) is 47.5 Å². The van der Waals surface area contributed by atoms with E-state index in [0.29, 0.717) is 36.3 Å². The van der Waals surface area contributed by atoms with Gasteiger partial charge in [0, 0.05) is 29.5 Å². The summed E-state index contributed by atoms with van der Waals surface area (Å²) in [6, 6.07) is 8.41. The van der Waals surface area contributed by atoms with E-state index in [1.807, 2.05) is 19.1 Å². The van der Waals surface area contributed by atoms with Crippen LogP contribution in [0.3, 0.4) is 0 Å². The number of halogens is 3. The van der Waals surface area contributed by atoms with Gasteiger partial charge >= 0.3 is 6.18 Å². The standard InChI is InChI=1S/C28H29F3N4O4/c1-2-38-22-10-8-17-12-18(22)15-35-25(36)13-19(33-27(35)32)6-4-3-5-16-7-9-23-20(11-16)21(34-26(17)37)14-24(39-23)28(29,30)31/h3,5,7-12,19,21,24H,2,4,6,13-15H2,1H3,(H2,32,33)(H,34,37)/b5-3-. The van der Waals surface area contributed by atoms with Gasteiger partial charge in [-0.2, -0.15) is 13.2 Å². The third kappa shape index (κ3) is 5.71. The van der Waals surface area contributed by atoms with Gasteiger partial charge < -0.3 is 20.5 Å². The highest BCUT2D eigenvalue weighted by Gasteiger charge is 2.46. The zero-order valence-electron chi connectivity index (χ0n) is 21.3. The molecule has 4 aliphatic rings. The largest absolute Gasteiger partial charge is 0.494 e. The number of rotatable bonds is 2. The Labute approximate surface area is 223 Å². The van der Waals surface area contributed by atoms with E-state index in [0.717, 1.165) is 5.56 Å². The van der Waals surface area contributed by atoms with Crippen molar-refractivity contribution in [2.24, 2.45) is 10.7 Å². The van der Waals surface area contributed by atoms with Gasteiger partial charge in [0.1, 0.15) is 11.5 Å². The highest BCUT2D eigenvalue weighted by molar-refractivity contribution is 5.99. The Hall–Kier alpha value is -4.02. The van der Waals surface area contributed by atoms with Crippen LogP contribution in [-0.4, -0.2) is 47.6 Å². The van der Waals surface area contributed by atoms with E-state index in [1.165, 1.54) is 17.0 Å². The monoisotopic (exact) mass is 542 g/mol. The van der Waals surface area contributed by atoms with Crippen molar-refractivity contribution in [1.82, 2.24) is 10.2 Å². The normalized spacial score (nSPS) is 24.2. The average Bonchev–Trinajstić information content (AvgIpc) is 2.88. The number of ether oxygens (including phenoxy) is 2. The molecular weight excluding hydrogens is 513 g/mol. The molecule has 2 amide bonds. The number of guanidine groups is 1. The van der Waals surface area contributed by atoms with Crippen molar-refractivity contribution in [2.45, 2.75) is 63.5 Å². The Balaban J connectivity index is 1.56. The first-order valence-corrected chi connectivity index (χ1v) is 12.9. The Morgan fingerprint density at radius 2 is 2.03 bits per heavy atom. The van der Waals surface area contributed by atoms with Gasteiger partial charge in [0.15, 0.2) is 12.1 Å². The molecule has 6 rings (SSSR count). The first-order valence-electron chi connectivity index (χ1n) is 12.9. The van der Waals surface area contributed by atoms with E-state index in [2.05, 4.69) is 10.3 Å². The first kappa shape index (κ1) is 26.6. The van der Waals surface area contributed by atoms with Crippen LogP contribution in [0.1, 0.15) is 65.7 Å². The van der Waals surface area contributed by atoms with Crippen molar-refractivity contribution in [2.75, 3.05) is 6.61 Å². The van der Waals surface area contributed by atoms with E-state index in [-0.39, 0.29) is 42.2 Å².